The molecule has 1 saturated carbocycles. The third kappa shape index (κ3) is 2.81. The molecule has 0 aromatic carbocycles. The summed E-state index contributed by atoms with van der Waals surface area (Å²) in [4.78, 5) is 6.93. The maximum Gasteiger partial charge on any atom is 0.143 e. The topological polar surface area (TPSA) is 28.2 Å². The second-order valence-corrected chi connectivity index (χ2v) is 6.43. The van der Waals surface area contributed by atoms with E-state index in [1.807, 2.05) is 6.07 Å². The van der Waals surface area contributed by atoms with Crippen molar-refractivity contribution in [3.05, 3.63) is 21.8 Å². The highest BCUT2D eigenvalue weighted by Gasteiger charge is 2.33. The number of hydrogen-bond donors (Lipinski definition) is 1. The molecule has 18 heavy (non-hydrogen) atoms. The third-order valence-electron chi connectivity index (χ3n) is 3.63. The summed E-state index contributed by atoms with van der Waals surface area (Å²) in [5.74, 6) is 1.04. The molecule has 0 spiro atoms. The summed E-state index contributed by atoms with van der Waals surface area (Å²) in [6, 6.07) is 3.20. The highest BCUT2D eigenvalue weighted by atomic mass is 79.9. The quantitative estimate of drug-likeness (QED) is 0.919. The van der Waals surface area contributed by atoms with Crippen molar-refractivity contribution in [3.8, 4) is 0 Å². The van der Waals surface area contributed by atoms with Crippen LogP contribution in [-0.4, -0.2) is 30.2 Å². The Hall–Kier alpha value is -0.320. The Balaban J connectivity index is 1.79. The first-order valence-corrected chi connectivity index (χ1v) is 7.72. The molecule has 1 aliphatic carbocycles. The molecule has 0 radical (unpaired) electrons. The molecule has 1 N–H and O–H groups in total. The average molecular weight is 331 g/mol. The molecule has 1 unspecified atom stereocenters. The van der Waals surface area contributed by atoms with Crippen LogP contribution in [0.1, 0.15) is 25.7 Å². The maximum absolute atomic E-state index is 5.96. The van der Waals surface area contributed by atoms with Gasteiger partial charge in [0.15, 0.2) is 0 Å². The molecule has 1 aromatic heterocycles. The molecule has 5 heteroatoms. The summed E-state index contributed by atoms with van der Waals surface area (Å²) in [5, 5.41) is 4.24. The molecule has 2 aliphatic rings. The summed E-state index contributed by atoms with van der Waals surface area (Å²) < 4.78 is 1.000. The van der Waals surface area contributed by atoms with Gasteiger partial charge in [0.25, 0.3) is 0 Å². The fraction of sp³-hybridized carbons (Fsp3) is 0.615. The van der Waals surface area contributed by atoms with Gasteiger partial charge in [0.05, 0.1) is 9.50 Å². The Morgan fingerprint density at radius 2 is 2.28 bits per heavy atom. The lowest BCUT2D eigenvalue weighted by atomic mass is 10.2. The van der Waals surface area contributed by atoms with Crippen molar-refractivity contribution < 1.29 is 0 Å². The summed E-state index contributed by atoms with van der Waals surface area (Å²) in [6.07, 6.45) is 6.86. The van der Waals surface area contributed by atoms with Crippen molar-refractivity contribution in [3.63, 3.8) is 0 Å². The molecule has 2 heterocycles. The average Bonchev–Trinajstić information content (AvgIpc) is 3.05. The molecule has 98 valence electrons. The van der Waals surface area contributed by atoms with Gasteiger partial charge < -0.3 is 10.2 Å². The number of nitrogens with one attached hydrogen (secondary N) is 1. The number of halogens is 2. The molecule has 1 aliphatic heterocycles. The number of pyridine rings is 1. The highest BCUT2D eigenvalue weighted by molar-refractivity contribution is 9.10. The van der Waals surface area contributed by atoms with Crippen LogP contribution in [0.25, 0.3) is 0 Å². The Kier molecular flexibility index (Phi) is 3.78. The molecule has 0 bridgehead atoms. The Labute approximate surface area is 121 Å². The van der Waals surface area contributed by atoms with Gasteiger partial charge in [-0.25, -0.2) is 4.98 Å². The van der Waals surface area contributed by atoms with Crippen molar-refractivity contribution in [1.29, 1.82) is 0 Å². The Morgan fingerprint density at radius 1 is 1.44 bits per heavy atom. The van der Waals surface area contributed by atoms with Crippen LogP contribution in [-0.2, 0) is 0 Å². The lowest BCUT2D eigenvalue weighted by molar-refractivity contribution is 0.575. The fourth-order valence-electron chi connectivity index (χ4n) is 2.56. The van der Waals surface area contributed by atoms with Crippen molar-refractivity contribution in [1.82, 2.24) is 10.3 Å². The predicted octanol–water partition coefficient (Wildman–Crippen LogP) is 3.22. The van der Waals surface area contributed by atoms with E-state index in [4.69, 9.17) is 11.6 Å². The van der Waals surface area contributed by atoms with Gasteiger partial charge in [-0.2, -0.15) is 0 Å². The van der Waals surface area contributed by atoms with E-state index in [1.165, 1.54) is 25.7 Å². The van der Waals surface area contributed by atoms with Gasteiger partial charge in [0.2, 0.25) is 0 Å². The van der Waals surface area contributed by atoms with Crippen molar-refractivity contribution >= 4 is 33.3 Å². The second-order valence-electron chi connectivity index (χ2n) is 5.14. The molecule has 1 saturated heterocycles. The summed E-state index contributed by atoms with van der Waals surface area (Å²) in [7, 11) is 0. The van der Waals surface area contributed by atoms with Gasteiger partial charge in [0, 0.05) is 24.8 Å². The monoisotopic (exact) mass is 329 g/mol. The van der Waals surface area contributed by atoms with Crippen LogP contribution >= 0.6 is 27.5 Å². The molecule has 0 amide bonds. The SMILES string of the molecule is Clc1cnc(N(CC2CCCN2)C2CC2)c(Br)c1. The molecule has 3 rings (SSSR count). The minimum absolute atomic E-state index is 0.606. The van der Waals surface area contributed by atoms with Gasteiger partial charge in [-0.05, 0) is 54.2 Å². The summed E-state index contributed by atoms with van der Waals surface area (Å²) in [5.41, 5.74) is 0. The van der Waals surface area contributed by atoms with Crippen LogP contribution < -0.4 is 10.2 Å². The van der Waals surface area contributed by atoms with Crippen LogP contribution in [0.2, 0.25) is 5.02 Å². The van der Waals surface area contributed by atoms with Crippen molar-refractivity contribution in [2.24, 2.45) is 0 Å². The summed E-state index contributed by atoms with van der Waals surface area (Å²) >= 11 is 9.55. The first-order valence-electron chi connectivity index (χ1n) is 6.55. The van der Waals surface area contributed by atoms with Gasteiger partial charge in [-0.15, -0.1) is 0 Å². The minimum Gasteiger partial charge on any atom is -0.351 e. The van der Waals surface area contributed by atoms with Gasteiger partial charge in [-0.3, -0.25) is 0 Å². The van der Waals surface area contributed by atoms with Crippen LogP contribution in [0.15, 0.2) is 16.7 Å². The third-order valence-corrected chi connectivity index (χ3v) is 4.42. The lowest BCUT2D eigenvalue weighted by Gasteiger charge is -2.27. The van der Waals surface area contributed by atoms with Gasteiger partial charge >= 0.3 is 0 Å². The number of nitrogens with zero attached hydrogens (tertiary/aromatic N) is 2. The molecule has 1 atom stereocenters. The van der Waals surface area contributed by atoms with E-state index in [9.17, 15) is 0 Å². The van der Waals surface area contributed by atoms with Gasteiger partial charge in [0.1, 0.15) is 5.82 Å². The minimum atomic E-state index is 0.606. The predicted molar refractivity (Wildman–Crippen MR) is 78.3 cm³/mol. The van der Waals surface area contributed by atoms with Crippen molar-refractivity contribution in [2.45, 2.75) is 37.8 Å². The van der Waals surface area contributed by atoms with Crippen LogP contribution in [0.3, 0.4) is 0 Å². The molecule has 3 nitrogen and oxygen atoms in total. The number of anilines is 1. The molecular weight excluding hydrogens is 314 g/mol. The fourth-order valence-corrected chi connectivity index (χ4v) is 3.43. The Bertz CT molecular complexity index is 430. The zero-order valence-electron chi connectivity index (χ0n) is 10.2. The molecule has 2 fully saturated rings. The molecular formula is C13H17BrClN3. The molecule has 1 aromatic rings. The van der Waals surface area contributed by atoms with Crippen LogP contribution in [0.4, 0.5) is 5.82 Å². The van der Waals surface area contributed by atoms with Gasteiger partial charge in [-0.1, -0.05) is 11.6 Å². The second kappa shape index (κ2) is 5.35. The Morgan fingerprint density at radius 3 is 2.89 bits per heavy atom. The largest absolute Gasteiger partial charge is 0.351 e. The van der Waals surface area contributed by atoms with E-state index in [1.54, 1.807) is 6.20 Å². The zero-order valence-corrected chi connectivity index (χ0v) is 12.5. The van der Waals surface area contributed by atoms with E-state index in [0.717, 1.165) is 23.4 Å². The normalized spacial score (nSPS) is 23.3. The smallest absolute Gasteiger partial charge is 0.143 e. The van der Waals surface area contributed by atoms with Crippen LogP contribution in [0.5, 0.6) is 0 Å². The maximum atomic E-state index is 5.96. The van der Waals surface area contributed by atoms with E-state index in [-0.39, 0.29) is 0 Å². The number of hydrogen-bond acceptors (Lipinski definition) is 3. The van der Waals surface area contributed by atoms with E-state index < -0.39 is 0 Å². The zero-order chi connectivity index (χ0) is 12.5. The number of aromatic nitrogens is 1. The summed E-state index contributed by atoms with van der Waals surface area (Å²) in [6.45, 7) is 2.20. The van der Waals surface area contributed by atoms with E-state index >= 15 is 0 Å². The lowest BCUT2D eigenvalue weighted by Crippen LogP contribution is -2.39. The van der Waals surface area contributed by atoms with E-state index in [0.29, 0.717) is 17.1 Å². The standard InChI is InChI=1S/C13H17BrClN3/c14-12-6-9(15)7-17-13(12)18(11-3-4-11)8-10-2-1-5-16-10/h6-7,10-11,16H,1-5,8H2. The van der Waals surface area contributed by atoms with Crippen LogP contribution in [0, 0.1) is 0 Å². The highest BCUT2D eigenvalue weighted by Crippen LogP contribution is 2.35. The first kappa shape index (κ1) is 12.7. The number of rotatable bonds is 4. The van der Waals surface area contributed by atoms with E-state index in [2.05, 4.69) is 31.1 Å². The first-order chi connectivity index (χ1) is 8.74. The van der Waals surface area contributed by atoms with Crippen molar-refractivity contribution in [2.75, 3.05) is 18.0 Å².